The molecule has 1 aliphatic heterocycles. The zero-order valence-electron chi connectivity index (χ0n) is 20.9. The monoisotopic (exact) mass is 518 g/mol. The molecule has 0 radical (unpaired) electrons. The molecular weight excluding hydrogens is 492 g/mol. The molecule has 2 N–H and O–H groups in total. The van der Waals surface area contributed by atoms with Gasteiger partial charge < -0.3 is 39.1 Å². The minimum Gasteiger partial charge on any atom is -0.497 e. The fraction of sp³-hybridized carbons (Fsp3) is 0.222. The molecule has 0 saturated heterocycles. The standard InChI is InChI=1S/C27H26N4O7/c1-33-10-11-35-22-15-21-23(25-24(22)36-12-13-37-25)26(29-16-28-21)38-19-8-6-17(7-9-19)30-27(32)31-18-4-3-5-20(14-18)34-2/h3-9,14-16H,10-13H2,1-2H3,(H2,30,31,32). The van der Waals surface area contributed by atoms with Crippen molar-refractivity contribution in [2.24, 2.45) is 0 Å². The van der Waals surface area contributed by atoms with Crippen LogP contribution in [-0.2, 0) is 4.74 Å². The van der Waals surface area contributed by atoms with E-state index in [9.17, 15) is 4.79 Å². The van der Waals surface area contributed by atoms with Crippen LogP contribution in [0.5, 0.6) is 34.6 Å². The third-order valence-electron chi connectivity index (χ3n) is 5.54. The molecule has 1 aromatic heterocycles. The number of hydrogen-bond acceptors (Lipinski definition) is 9. The molecular formula is C27H26N4O7. The van der Waals surface area contributed by atoms with Crippen LogP contribution < -0.4 is 34.3 Å². The molecule has 11 nitrogen and oxygen atoms in total. The van der Waals surface area contributed by atoms with Gasteiger partial charge in [-0.05, 0) is 36.4 Å². The Labute approximate surface area is 218 Å². The van der Waals surface area contributed by atoms with Crippen LogP contribution in [0.4, 0.5) is 16.2 Å². The van der Waals surface area contributed by atoms with Crippen molar-refractivity contribution in [3.8, 4) is 34.6 Å². The van der Waals surface area contributed by atoms with Crippen LogP contribution in [0.25, 0.3) is 10.9 Å². The molecule has 196 valence electrons. The number of hydrogen-bond donors (Lipinski definition) is 2. The van der Waals surface area contributed by atoms with Gasteiger partial charge in [-0.25, -0.2) is 14.8 Å². The molecule has 38 heavy (non-hydrogen) atoms. The molecule has 0 fully saturated rings. The van der Waals surface area contributed by atoms with E-state index in [0.29, 0.717) is 83.3 Å². The quantitative estimate of drug-likeness (QED) is 0.299. The van der Waals surface area contributed by atoms with E-state index in [-0.39, 0.29) is 6.03 Å². The van der Waals surface area contributed by atoms with Crippen LogP contribution in [-0.4, -0.2) is 56.6 Å². The summed E-state index contributed by atoms with van der Waals surface area (Å²) in [6.45, 7) is 1.54. The topological polar surface area (TPSA) is 122 Å². The Morgan fingerprint density at radius 3 is 2.47 bits per heavy atom. The first-order valence-corrected chi connectivity index (χ1v) is 11.8. The summed E-state index contributed by atoms with van der Waals surface area (Å²) in [5, 5.41) is 6.12. The van der Waals surface area contributed by atoms with E-state index in [0.717, 1.165) is 0 Å². The van der Waals surface area contributed by atoms with Gasteiger partial charge in [-0.15, -0.1) is 0 Å². The van der Waals surface area contributed by atoms with E-state index in [1.807, 2.05) is 0 Å². The number of ether oxygens (including phenoxy) is 6. The second-order valence-electron chi connectivity index (χ2n) is 8.08. The molecule has 5 rings (SSSR count). The Hall–Kier alpha value is -4.77. The lowest BCUT2D eigenvalue weighted by Crippen LogP contribution is -2.19. The third-order valence-corrected chi connectivity index (χ3v) is 5.54. The average molecular weight is 519 g/mol. The van der Waals surface area contributed by atoms with Gasteiger partial charge in [-0.2, -0.15) is 0 Å². The summed E-state index contributed by atoms with van der Waals surface area (Å²) in [5.74, 6) is 2.91. The number of methoxy groups -OCH3 is 2. The number of urea groups is 1. The molecule has 2 heterocycles. The highest BCUT2D eigenvalue weighted by molar-refractivity contribution is 6.00. The summed E-state index contributed by atoms with van der Waals surface area (Å²) in [6.07, 6.45) is 1.41. The van der Waals surface area contributed by atoms with Gasteiger partial charge in [0.15, 0.2) is 11.5 Å². The molecule has 1 aliphatic rings. The number of anilines is 2. The molecule has 0 unspecified atom stereocenters. The highest BCUT2D eigenvalue weighted by Crippen LogP contribution is 2.47. The van der Waals surface area contributed by atoms with E-state index in [1.54, 1.807) is 68.8 Å². The van der Waals surface area contributed by atoms with Gasteiger partial charge in [0.1, 0.15) is 43.0 Å². The molecule has 3 aromatic carbocycles. The van der Waals surface area contributed by atoms with Gasteiger partial charge in [-0.1, -0.05) is 6.07 Å². The van der Waals surface area contributed by atoms with Crippen LogP contribution in [0.1, 0.15) is 0 Å². The molecule has 0 atom stereocenters. The molecule has 4 aromatic rings. The predicted octanol–water partition coefficient (Wildman–Crippen LogP) is 4.87. The average Bonchev–Trinajstić information content (AvgIpc) is 2.94. The van der Waals surface area contributed by atoms with Crippen molar-refractivity contribution in [3.05, 3.63) is 60.9 Å². The maximum Gasteiger partial charge on any atom is 0.323 e. The lowest BCUT2D eigenvalue weighted by molar-refractivity contribution is 0.134. The Bertz CT molecular complexity index is 1430. The van der Waals surface area contributed by atoms with Crippen molar-refractivity contribution in [2.45, 2.75) is 0 Å². The first-order valence-electron chi connectivity index (χ1n) is 11.8. The third kappa shape index (κ3) is 5.62. The molecule has 0 saturated carbocycles. The highest BCUT2D eigenvalue weighted by atomic mass is 16.6. The molecule has 0 bridgehead atoms. The van der Waals surface area contributed by atoms with E-state index in [2.05, 4.69) is 20.6 Å². The fourth-order valence-electron chi connectivity index (χ4n) is 3.81. The van der Waals surface area contributed by atoms with Gasteiger partial charge in [-0.3, -0.25) is 0 Å². The maximum atomic E-state index is 12.4. The number of nitrogens with zero attached hydrogens (tertiary/aromatic N) is 2. The van der Waals surface area contributed by atoms with E-state index in [1.165, 1.54) is 6.33 Å². The van der Waals surface area contributed by atoms with Crippen molar-refractivity contribution < 1.29 is 33.2 Å². The fourth-order valence-corrected chi connectivity index (χ4v) is 3.81. The highest BCUT2D eigenvalue weighted by Gasteiger charge is 2.25. The van der Waals surface area contributed by atoms with Crippen molar-refractivity contribution in [2.75, 3.05) is 51.3 Å². The largest absolute Gasteiger partial charge is 0.497 e. The van der Waals surface area contributed by atoms with Crippen molar-refractivity contribution in [1.29, 1.82) is 0 Å². The Morgan fingerprint density at radius 1 is 0.895 bits per heavy atom. The smallest absolute Gasteiger partial charge is 0.323 e. The summed E-state index contributed by atoms with van der Waals surface area (Å²) in [7, 11) is 3.17. The lowest BCUT2D eigenvalue weighted by atomic mass is 10.1. The van der Waals surface area contributed by atoms with Crippen LogP contribution in [0.2, 0.25) is 0 Å². The summed E-state index contributed by atoms with van der Waals surface area (Å²) in [5.41, 5.74) is 1.77. The number of benzene rings is 3. The molecule has 0 spiro atoms. The van der Waals surface area contributed by atoms with Crippen molar-refractivity contribution in [1.82, 2.24) is 9.97 Å². The maximum absolute atomic E-state index is 12.4. The first-order chi connectivity index (χ1) is 18.6. The number of amides is 2. The van der Waals surface area contributed by atoms with Crippen molar-refractivity contribution >= 4 is 28.3 Å². The molecule has 11 heteroatoms. The number of nitrogens with one attached hydrogen (secondary N) is 2. The minimum absolute atomic E-state index is 0.302. The van der Waals surface area contributed by atoms with Crippen LogP contribution in [0.15, 0.2) is 60.9 Å². The number of fused-ring (bicyclic) bond motifs is 3. The number of aromatic nitrogens is 2. The second kappa shape index (κ2) is 11.5. The molecule has 2 amide bonds. The summed E-state index contributed by atoms with van der Waals surface area (Å²) < 4.78 is 33.9. The van der Waals surface area contributed by atoms with Crippen LogP contribution in [0, 0.1) is 0 Å². The summed E-state index contributed by atoms with van der Waals surface area (Å²) in [6, 6.07) is 15.4. The number of rotatable bonds is 9. The predicted molar refractivity (Wildman–Crippen MR) is 140 cm³/mol. The summed E-state index contributed by atoms with van der Waals surface area (Å²) in [4.78, 5) is 21.1. The summed E-state index contributed by atoms with van der Waals surface area (Å²) >= 11 is 0. The lowest BCUT2D eigenvalue weighted by Gasteiger charge is -2.23. The number of carbonyl (C=O) groups excluding carboxylic acids is 1. The van der Waals surface area contributed by atoms with E-state index in [4.69, 9.17) is 28.4 Å². The van der Waals surface area contributed by atoms with Gasteiger partial charge >= 0.3 is 6.03 Å². The normalized spacial score (nSPS) is 12.1. The SMILES string of the molecule is COCCOc1cc2ncnc(Oc3ccc(NC(=O)Nc4cccc(OC)c4)cc3)c2c2c1OCCO2. The van der Waals surface area contributed by atoms with Gasteiger partial charge in [0.05, 0.1) is 19.2 Å². The Balaban J connectivity index is 1.32. The van der Waals surface area contributed by atoms with Crippen LogP contribution >= 0.6 is 0 Å². The number of carbonyl (C=O) groups is 1. The zero-order valence-corrected chi connectivity index (χ0v) is 20.9. The Morgan fingerprint density at radius 2 is 1.68 bits per heavy atom. The van der Waals surface area contributed by atoms with Crippen LogP contribution in [0.3, 0.4) is 0 Å². The van der Waals surface area contributed by atoms with E-state index >= 15 is 0 Å². The zero-order chi connectivity index (χ0) is 26.3. The van der Waals surface area contributed by atoms with Gasteiger partial charge in [0.25, 0.3) is 0 Å². The Kier molecular flexibility index (Phi) is 7.55. The van der Waals surface area contributed by atoms with E-state index < -0.39 is 0 Å². The van der Waals surface area contributed by atoms with Gasteiger partial charge in [0.2, 0.25) is 11.6 Å². The van der Waals surface area contributed by atoms with Gasteiger partial charge in [0, 0.05) is 30.6 Å². The first kappa shape index (κ1) is 24.9. The second-order valence-corrected chi connectivity index (χ2v) is 8.08. The van der Waals surface area contributed by atoms with Crippen molar-refractivity contribution in [3.63, 3.8) is 0 Å². The minimum atomic E-state index is -0.388. The molecule has 0 aliphatic carbocycles.